The third kappa shape index (κ3) is 1.65. The molecule has 8 heteroatoms. The van der Waals surface area contributed by atoms with Gasteiger partial charge in [-0.15, -0.1) is 0 Å². The van der Waals surface area contributed by atoms with E-state index in [0.717, 1.165) is 11.1 Å². The summed E-state index contributed by atoms with van der Waals surface area (Å²) >= 11 is 0. The Bertz CT molecular complexity index is 738. The van der Waals surface area contributed by atoms with Gasteiger partial charge in [0.15, 0.2) is 11.5 Å². The number of nitrogen functional groups attached to an aromatic ring is 1. The van der Waals surface area contributed by atoms with Gasteiger partial charge in [-0.3, -0.25) is 10.5 Å². The van der Waals surface area contributed by atoms with Crippen molar-refractivity contribution in [1.82, 2.24) is 29.9 Å². The van der Waals surface area contributed by atoms with Crippen LogP contribution in [0.4, 0.5) is 5.95 Å². The number of nitrogens with zero attached hydrogens (tertiary/aromatic N) is 5. The number of aromatic amines is 1. The highest BCUT2D eigenvalue weighted by atomic mass is 15.4. The van der Waals surface area contributed by atoms with Crippen LogP contribution < -0.4 is 11.3 Å². The first-order chi connectivity index (χ1) is 9.35. The number of rotatable bonds is 3. The minimum Gasteiger partial charge on any atom is -0.292 e. The summed E-state index contributed by atoms with van der Waals surface area (Å²) in [5.74, 6) is 6.98. The Kier molecular flexibility index (Phi) is 2.06. The first-order valence-electron chi connectivity index (χ1n) is 6.09. The normalized spacial score (nSPS) is 15.0. The molecule has 4 rings (SSSR count). The Hall–Kier alpha value is -2.48. The molecule has 8 nitrogen and oxygen atoms in total. The van der Waals surface area contributed by atoms with E-state index in [4.69, 9.17) is 5.84 Å². The van der Waals surface area contributed by atoms with E-state index < -0.39 is 0 Å². The van der Waals surface area contributed by atoms with E-state index in [2.05, 4.69) is 30.7 Å². The summed E-state index contributed by atoms with van der Waals surface area (Å²) < 4.78 is 1.74. The number of nitrogens with two attached hydrogens (primary N) is 1. The summed E-state index contributed by atoms with van der Waals surface area (Å²) in [5.41, 5.74) is 4.18. The number of fused-ring (bicyclic) bond motifs is 1. The maximum absolute atomic E-state index is 5.38. The molecule has 0 aromatic carbocycles. The maximum atomic E-state index is 5.38. The smallest absolute Gasteiger partial charge is 0.241 e. The fraction of sp³-hybridized carbons (Fsp3) is 0.273. The summed E-state index contributed by atoms with van der Waals surface area (Å²) in [4.78, 5) is 8.54. The molecule has 0 unspecified atom stereocenters. The van der Waals surface area contributed by atoms with Crippen LogP contribution in [0.1, 0.15) is 24.5 Å². The molecule has 3 aromatic heterocycles. The lowest BCUT2D eigenvalue weighted by molar-refractivity contribution is 0.817. The zero-order valence-electron chi connectivity index (χ0n) is 10.0. The third-order valence-electron chi connectivity index (χ3n) is 3.24. The van der Waals surface area contributed by atoms with Crippen molar-refractivity contribution in [2.24, 2.45) is 5.84 Å². The molecule has 0 radical (unpaired) electrons. The van der Waals surface area contributed by atoms with Crippen molar-refractivity contribution < 1.29 is 0 Å². The van der Waals surface area contributed by atoms with Gasteiger partial charge in [0.1, 0.15) is 0 Å². The van der Waals surface area contributed by atoms with E-state index in [0.29, 0.717) is 23.3 Å². The van der Waals surface area contributed by atoms with Crippen molar-refractivity contribution in [2.45, 2.75) is 18.8 Å². The Morgan fingerprint density at radius 3 is 3.05 bits per heavy atom. The quantitative estimate of drug-likeness (QED) is 0.470. The molecule has 0 saturated heterocycles. The van der Waals surface area contributed by atoms with Crippen LogP contribution in [-0.2, 0) is 0 Å². The van der Waals surface area contributed by atoms with E-state index in [1.807, 2.05) is 12.3 Å². The first kappa shape index (κ1) is 10.4. The molecule has 1 aliphatic carbocycles. The summed E-state index contributed by atoms with van der Waals surface area (Å²) in [6, 6.07) is 2.03. The second-order valence-electron chi connectivity index (χ2n) is 4.61. The molecule has 4 N–H and O–H groups in total. The average Bonchev–Trinajstić information content (AvgIpc) is 3.00. The molecule has 0 atom stereocenters. The fourth-order valence-electron chi connectivity index (χ4n) is 2.11. The molecule has 1 saturated carbocycles. The molecule has 3 aromatic rings. The Morgan fingerprint density at radius 2 is 2.26 bits per heavy atom. The van der Waals surface area contributed by atoms with Crippen molar-refractivity contribution in [3.8, 4) is 5.82 Å². The molecule has 0 amide bonds. The molecule has 0 bridgehead atoms. The first-order valence-corrected chi connectivity index (χ1v) is 6.09. The number of anilines is 1. The van der Waals surface area contributed by atoms with Gasteiger partial charge < -0.3 is 0 Å². The standard InChI is InChI=1S/C11H12N8/c12-16-11-14-9-7(5-13-17-9)10(15-11)19-4-3-8(18-19)6-1-2-6/h3-6H,1-2,12H2,(H2,13,14,15,16,17). The lowest BCUT2D eigenvalue weighted by Gasteiger charge is -2.04. The van der Waals surface area contributed by atoms with Gasteiger partial charge in [-0.05, 0) is 18.9 Å². The van der Waals surface area contributed by atoms with Crippen LogP contribution in [0.25, 0.3) is 16.9 Å². The second-order valence-corrected chi connectivity index (χ2v) is 4.61. The summed E-state index contributed by atoms with van der Waals surface area (Å²) in [6.07, 6.45) is 6.03. The van der Waals surface area contributed by atoms with Crippen molar-refractivity contribution in [2.75, 3.05) is 5.43 Å². The summed E-state index contributed by atoms with van der Waals surface area (Å²) in [7, 11) is 0. The minimum absolute atomic E-state index is 0.329. The number of hydrazine groups is 1. The topological polar surface area (TPSA) is 110 Å². The van der Waals surface area contributed by atoms with Crippen LogP contribution >= 0.6 is 0 Å². The molecule has 0 spiro atoms. The van der Waals surface area contributed by atoms with Crippen LogP contribution in [0.5, 0.6) is 0 Å². The van der Waals surface area contributed by atoms with Gasteiger partial charge >= 0.3 is 0 Å². The van der Waals surface area contributed by atoms with Gasteiger partial charge in [0.25, 0.3) is 0 Å². The molecular formula is C11H12N8. The van der Waals surface area contributed by atoms with Crippen LogP contribution in [0, 0.1) is 0 Å². The van der Waals surface area contributed by atoms with E-state index in [1.165, 1.54) is 12.8 Å². The number of hydrogen-bond acceptors (Lipinski definition) is 6. The van der Waals surface area contributed by atoms with Gasteiger partial charge in [0, 0.05) is 12.1 Å². The second kappa shape index (κ2) is 3.75. The molecule has 96 valence electrons. The number of hydrogen-bond donors (Lipinski definition) is 3. The van der Waals surface area contributed by atoms with Crippen molar-refractivity contribution in [3.63, 3.8) is 0 Å². The zero-order chi connectivity index (χ0) is 12.8. The van der Waals surface area contributed by atoms with Gasteiger partial charge in [0.2, 0.25) is 5.95 Å². The SMILES string of the molecule is NNc1nc(-n2ccc(C3CC3)n2)c2cn[nH]c2n1. The van der Waals surface area contributed by atoms with Crippen molar-refractivity contribution >= 4 is 17.0 Å². The Morgan fingerprint density at radius 1 is 1.37 bits per heavy atom. The molecule has 1 aliphatic rings. The predicted octanol–water partition coefficient (Wildman–Crippen LogP) is 0.702. The number of nitrogens with one attached hydrogen (secondary N) is 2. The maximum Gasteiger partial charge on any atom is 0.241 e. The fourth-order valence-corrected chi connectivity index (χ4v) is 2.11. The Balaban J connectivity index is 1.89. The summed E-state index contributed by atoms with van der Waals surface area (Å²) in [5, 5.41) is 12.2. The van der Waals surface area contributed by atoms with E-state index in [-0.39, 0.29) is 0 Å². The van der Waals surface area contributed by atoms with Gasteiger partial charge in [-0.25, -0.2) is 10.5 Å². The van der Waals surface area contributed by atoms with Gasteiger partial charge in [0.05, 0.1) is 17.3 Å². The summed E-state index contributed by atoms with van der Waals surface area (Å²) in [6.45, 7) is 0. The Labute approximate surface area is 108 Å². The van der Waals surface area contributed by atoms with Crippen LogP contribution in [0.15, 0.2) is 18.5 Å². The van der Waals surface area contributed by atoms with Crippen molar-refractivity contribution in [1.29, 1.82) is 0 Å². The minimum atomic E-state index is 0.329. The molecule has 3 heterocycles. The van der Waals surface area contributed by atoms with Crippen molar-refractivity contribution in [3.05, 3.63) is 24.2 Å². The van der Waals surface area contributed by atoms with Crippen LogP contribution in [0.3, 0.4) is 0 Å². The third-order valence-corrected chi connectivity index (χ3v) is 3.24. The van der Waals surface area contributed by atoms with Gasteiger partial charge in [-0.1, -0.05) is 0 Å². The van der Waals surface area contributed by atoms with E-state index >= 15 is 0 Å². The zero-order valence-corrected chi connectivity index (χ0v) is 10.0. The van der Waals surface area contributed by atoms with Crippen LogP contribution in [-0.4, -0.2) is 29.9 Å². The highest BCUT2D eigenvalue weighted by Gasteiger charge is 2.26. The van der Waals surface area contributed by atoms with E-state index in [1.54, 1.807) is 10.9 Å². The van der Waals surface area contributed by atoms with E-state index in [9.17, 15) is 0 Å². The lowest BCUT2D eigenvalue weighted by atomic mass is 10.3. The van der Waals surface area contributed by atoms with Gasteiger partial charge in [-0.2, -0.15) is 20.2 Å². The predicted molar refractivity (Wildman–Crippen MR) is 68.6 cm³/mol. The molecule has 1 fully saturated rings. The number of H-pyrrole nitrogens is 1. The molecular weight excluding hydrogens is 244 g/mol. The highest BCUT2D eigenvalue weighted by molar-refractivity contribution is 5.82. The molecule has 0 aliphatic heterocycles. The van der Waals surface area contributed by atoms with Crippen LogP contribution in [0.2, 0.25) is 0 Å². The number of aromatic nitrogens is 6. The highest BCUT2D eigenvalue weighted by Crippen LogP contribution is 2.39. The monoisotopic (exact) mass is 256 g/mol. The average molecular weight is 256 g/mol. The largest absolute Gasteiger partial charge is 0.292 e. The molecule has 19 heavy (non-hydrogen) atoms. The lowest BCUT2D eigenvalue weighted by Crippen LogP contribution is -2.12.